The highest BCUT2D eigenvalue weighted by atomic mass is 35.5. The van der Waals surface area contributed by atoms with Crippen LogP contribution in [0, 0.1) is 0 Å². The molecule has 0 spiro atoms. The zero-order chi connectivity index (χ0) is 17.3. The number of rotatable bonds is 4. The Balaban J connectivity index is 1.73. The Morgan fingerprint density at radius 1 is 1.25 bits per heavy atom. The molecule has 3 rings (SSSR count). The SMILES string of the molecule is CO[C@H]1C[C@@H](NC(=O)c2cc3cc(Cl)ccc3[nH]2)[C@@H](N)C[C@H]1OC. The minimum Gasteiger partial charge on any atom is -0.379 e. The molecule has 1 heterocycles. The predicted molar refractivity (Wildman–Crippen MR) is 93.4 cm³/mol. The van der Waals surface area contributed by atoms with E-state index < -0.39 is 0 Å². The number of nitrogens with two attached hydrogens (primary N) is 1. The Hall–Kier alpha value is -1.60. The van der Waals surface area contributed by atoms with Gasteiger partial charge in [0.2, 0.25) is 0 Å². The fourth-order valence-electron chi connectivity index (χ4n) is 3.30. The average Bonchev–Trinajstić information content (AvgIpc) is 2.99. The number of hydrogen-bond acceptors (Lipinski definition) is 4. The highest BCUT2D eigenvalue weighted by molar-refractivity contribution is 6.31. The third-order valence-electron chi connectivity index (χ3n) is 4.67. The number of benzene rings is 1. The van der Waals surface area contributed by atoms with Crippen molar-refractivity contribution in [3.8, 4) is 0 Å². The molecule has 1 saturated carbocycles. The van der Waals surface area contributed by atoms with Gasteiger partial charge in [-0.05, 0) is 37.1 Å². The minimum absolute atomic E-state index is 0.0478. The van der Waals surface area contributed by atoms with E-state index in [1.807, 2.05) is 12.1 Å². The van der Waals surface area contributed by atoms with Crippen molar-refractivity contribution in [3.63, 3.8) is 0 Å². The monoisotopic (exact) mass is 351 g/mol. The molecule has 0 saturated heterocycles. The average molecular weight is 352 g/mol. The second-order valence-electron chi connectivity index (χ2n) is 6.18. The van der Waals surface area contributed by atoms with Gasteiger partial charge in [-0.15, -0.1) is 0 Å². The van der Waals surface area contributed by atoms with Gasteiger partial charge in [-0.1, -0.05) is 11.6 Å². The van der Waals surface area contributed by atoms with Gasteiger partial charge in [0.25, 0.3) is 5.91 Å². The van der Waals surface area contributed by atoms with Crippen LogP contribution in [0.5, 0.6) is 0 Å². The standard InChI is InChI=1S/C17H22ClN3O3/c1-23-15-7-11(19)13(8-16(15)24-2)21-17(22)14-6-9-5-10(18)3-4-12(9)20-14/h3-6,11,13,15-16,20H,7-8,19H2,1-2H3,(H,21,22)/t11-,13+,15+,16-/m0/s1. The summed E-state index contributed by atoms with van der Waals surface area (Å²) in [6, 6.07) is 6.91. The normalized spacial score (nSPS) is 27.3. The van der Waals surface area contributed by atoms with Crippen molar-refractivity contribution in [1.82, 2.24) is 10.3 Å². The van der Waals surface area contributed by atoms with Gasteiger partial charge in [0.1, 0.15) is 5.69 Å². The number of halogens is 1. The lowest BCUT2D eigenvalue weighted by molar-refractivity contribution is -0.0684. The van der Waals surface area contributed by atoms with E-state index in [9.17, 15) is 4.79 Å². The molecule has 0 bridgehead atoms. The lowest BCUT2D eigenvalue weighted by atomic mass is 9.86. The largest absolute Gasteiger partial charge is 0.379 e. The first-order valence-electron chi connectivity index (χ1n) is 7.92. The number of amides is 1. The van der Waals surface area contributed by atoms with Crippen LogP contribution in [0.2, 0.25) is 5.02 Å². The molecule has 0 radical (unpaired) electrons. The Morgan fingerprint density at radius 3 is 2.67 bits per heavy atom. The molecule has 1 aromatic heterocycles. The molecule has 1 aliphatic rings. The summed E-state index contributed by atoms with van der Waals surface area (Å²) in [6.07, 6.45) is 1.13. The van der Waals surface area contributed by atoms with Crippen molar-refractivity contribution in [1.29, 1.82) is 0 Å². The number of carbonyl (C=O) groups excluding carboxylic acids is 1. The van der Waals surface area contributed by atoms with Crippen LogP contribution in [-0.4, -0.2) is 49.4 Å². The van der Waals surface area contributed by atoms with Gasteiger partial charge in [-0.3, -0.25) is 4.79 Å². The third-order valence-corrected chi connectivity index (χ3v) is 4.91. The Morgan fingerprint density at radius 2 is 1.96 bits per heavy atom. The van der Waals surface area contributed by atoms with E-state index in [2.05, 4.69) is 10.3 Å². The van der Waals surface area contributed by atoms with Gasteiger partial charge >= 0.3 is 0 Å². The number of hydrogen-bond donors (Lipinski definition) is 3. The lowest BCUT2D eigenvalue weighted by Crippen LogP contribution is -2.57. The fourth-order valence-corrected chi connectivity index (χ4v) is 3.48. The molecular formula is C17H22ClN3O3. The van der Waals surface area contributed by atoms with E-state index in [1.54, 1.807) is 26.4 Å². The summed E-state index contributed by atoms with van der Waals surface area (Å²) >= 11 is 5.98. The van der Waals surface area contributed by atoms with Crippen molar-refractivity contribution < 1.29 is 14.3 Å². The number of H-pyrrole nitrogens is 1. The van der Waals surface area contributed by atoms with Crippen molar-refractivity contribution in [2.24, 2.45) is 5.73 Å². The Bertz CT molecular complexity index is 733. The van der Waals surface area contributed by atoms with Crippen molar-refractivity contribution in [2.45, 2.75) is 37.1 Å². The maximum atomic E-state index is 12.6. The van der Waals surface area contributed by atoms with Gasteiger partial charge < -0.3 is 25.5 Å². The summed E-state index contributed by atoms with van der Waals surface area (Å²) < 4.78 is 10.9. The highest BCUT2D eigenvalue weighted by Crippen LogP contribution is 2.24. The summed E-state index contributed by atoms with van der Waals surface area (Å²) in [5.41, 5.74) is 7.56. The first kappa shape index (κ1) is 17.2. The molecule has 4 N–H and O–H groups in total. The molecule has 130 valence electrons. The van der Waals surface area contributed by atoms with Crippen LogP contribution in [0.1, 0.15) is 23.3 Å². The molecule has 1 aliphatic carbocycles. The first-order chi connectivity index (χ1) is 11.5. The van der Waals surface area contributed by atoms with Crippen LogP contribution < -0.4 is 11.1 Å². The van der Waals surface area contributed by atoms with Crippen LogP contribution in [0.3, 0.4) is 0 Å². The molecule has 1 amide bonds. The maximum absolute atomic E-state index is 12.6. The zero-order valence-electron chi connectivity index (χ0n) is 13.7. The van der Waals surface area contributed by atoms with Gasteiger partial charge in [0.15, 0.2) is 0 Å². The van der Waals surface area contributed by atoms with Crippen LogP contribution in [0.4, 0.5) is 0 Å². The molecule has 24 heavy (non-hydrogen) atoms. The summed E-state index contributed by atoms with van der Waals surface area (Å²) in [5, 5.41) is 4.54. The Labute approximate surface area is 145 Å². The van der Waals surface area contributed by atoms with Gasteiger partial charge in [-0.2, -0.15) is 0 Å². The Kier molecular flexibility index (Phi) is 5.10. The number of carbonyl (C=O) groups is 1. The number of fused-ring (bicyclic) bond motifs is 1. The zero-order valence-corrected chi connectivity index (χ0v) is 14.5. The molecule has 1 fully saturated rings. The number of nitrogens with one attached hydrogen (secondary N) is 2. The molecule has 0 aliphatic heterocycles. The first-order valence-corrected chi connectivity index (χ1v) is 8.30. The number of ether oxygens (including phenoxy) is 2. The molecule has 4 atom stereocenters. The van der Waals surface area contributed by atoms with E-state index in [1.165, 1.54) is 0 Å². The maximum Gasteiger partial charge on any atom is 0.268 e. The summed E-state index contributed by atoms with van der Waals surface area (Å²) in [7, 11) is 3.30. The predicted octanol–water partition coefficient (Wildman–Crippen LogP) is 2.07. The molecule has 6 nitrogen and oxygen atoms in total. The van der Waals surface area contributed by atoms with E-state index >= 15 is 0 Å². The van der Waals surface area contributed by atoms with Crippen LogP contribution in [0.25, 0.3) is 10.9 Å². The van der Waals surface area contributed by atoms with Crippen molar-refractivity contribution >= 4 is 28.4 Å². The smallest absolute Gasteiger partial charge is 0.268 e. The molecule has 7 heteroatoms. The van der Waals surface area contributed by atoms with Gasteiger partial charge in [0.05, 0.1) is 12.2 Å². The van der Waals surface area contributed by atoms with Crippen molar-refractivity contribution in [3.05, 3.63) is 35.0 Å². The summed E-state index contributed by atoms with van der Waals surface area (Å²) in [5.74, 6) is -0.187. The van der Waals surface area contributed by atoms with E-state index in [4.69, 9.17) is 26.8 Å². The van der Waals surface area contributed by atoms with E-state index in [0.29, 0.717) is 23.6 Å². The highest BCUT2D eigenvalue weighted by Gasteiger charge is 2.36. The number of methoxy groups -OCH3 is 2. The van der Waals surface area contributed by atoms with E-state index in [0.717, 1.165) is 10.9 Å². The van der Waals surface area contributed by atoms with Crippen LogP contribution in [0.15, 0.2) is 24.3 Å². The molecule has 2 aromatic rings. The number of aromatic nitrogens is 1. The topological polar surface area (TPSA) is 89.4 Å². The molecule has 0 unspecified atom stereocenters. The van der Waals surface area contributed by atoms with Gasteiger partial charge in [0, 0.05) is 42.2 Å². The quantitative estimate of drug-likeness (QED) is 0.786. The summed E-state index contributed by atoms with van der Waals surface area (Å²) in [6.45, 7) is 0. The molecular weight excluding hydrogens is 330 g/mol. The van der Waals surface area contributed by atoms with E-state index in [-0.39, 0.29) is 30.2 Å². The minimum atomic E-state index is -0.187. The summed E-state index contributed by atoms with van der Waals surface area (Å²) in [4.78, 5) is 15.7. The lowest BCUT2D eigenvalue weighted by Gasteiger charge is -2.38. The third kappa shape index (κ3) is 3.42. The number of aromatic amines is 1. The van der Waals surface area contributed by atoms with Gasteiger partial charge in [-0.25, -0.2) is 0 Å². The second kappa shape index (κ2) is 7.11. The second-order valence-corrected chi connectivity index (χ2v) is 6.61. The van der Waals surface area contributed by atoms with Crippen LogP contribution >= 0.6 is 11.6 Å². The molecule has 1 aromatic carbocycles. The van der Waals surface area contributed by atoms with Crippen LogP contribution in [-0.2, 0) is 9.47 Å². The van der Waals surface area contributed by atoms with Crippen molar-refractivity contribution in [2.75, 3.05) is 14.2 Å². The fraction of sp³-hybridized carbons (Fsp3) is 0.471.